The van der Waals surface area contributed by atoms with Gasteiger partial charge in [-0.1, -0.05) is 32.6 Å². The molecular weight excluding hydrogens is 318 g/mol. The van der Waals surface area contributed by atoms with Crippen molar-refractivity contribution in [2.45, 2.75) is 65.3 Å². The molecule has 24 heavy (non-hydrogen) atoms. The second kappa shape index (κ2) is 7.51. The van der Waals surface area contributed by atoms with E-state index < -0.39 is 0 Å². The molecule has 1 amide bonds. The van der Waals surface area contributed by atoms with E-state index in [4.69, 9.17) is 5.73 Å². The number of hydrogen-bond donors (Lipinski definition) is 1. The SMILES string of the molecule is CCCc1c(-c2nccs2)c(C(N)=O)c(C)n1CC1CCCCC1. The molecule has 0 aliphatic heterocycles. The third kappa shape index (κ3) is 3.27. The van der Waals surface area contributed by atoms with Crippen LogP contribution in [-0.2, 0) is 13.0 Å². The van der Waals surface area contributed by atoms with Gasteiger partial charge in [-0.3, -0.25) is 4.79 Å². The second-order valence-corrected chi connectivity index (χ2v) is 7.74. The van der Waals surface area contributed by atoms with Crippen LogP contribution >= 0.6 is 11.3 Å². The van der Waals surface area contributed by atoms with Crippen LogP contribution in [0.5, 0.6) is 0 Å². The number of amides is 1. The highest BCUT2D eigenvalue weighted by Gasteiger charge is 2.27. The minimum absolute atomic E-state index is 0.336. The van der Waals surface area contributed by atoms with Gasteiger partial charge < -0.3 is 10.3 Å². The van der Waals surface area contributed by atoms with Crippen LogP contribution in [0.15, 0.2) is 11.6 Å². The van der Waals surface area contributed by atoms with Gasteiger partial charge in [-0.05, 0) is 32.1 Å². The highest BCUT2D eigenvalue weighted by Crippen LogP contribution is 2.36. The Kier molecular flexibility index (Phi) is 5.39. The minimum atomic E-state index is -0.336. The van der Waals surface area contributed by atoms with Crippen molar-refractivity contribution in [3.63, 3.8) is 0 Å². The molecule has 1 aliphatic rings. The van der Waals surface area contributed by atoms with Crippen LogP contribution in [0.25, 0.3) is 10.6 Å². The quantitative estimate of drug-likeness (QED) is 0.835. The number of nitrogens with two attached hydrogens (primary N) is 1. The Morgan fingerprint density at radius 2 is 2.12 bits per heavy atom. The molecule has 2 heterocycles. The fraction of sp³-hybridized carbons (Fsp3) is 0.579. The van der Waals surface area contributed by atoms with Crippen LogP contribution in [0.1, 0.15) is 67.2 Å². The summed E-state index contributed by atoms with van der Waals surface area (Å²) in [6.07, 6.45) is 10.4. The van der Waals surface area contributed by atoms with Crippen molar-refractivity contribution < 1.29 is 4.79 Å². The third-order valence-corrected chi connectivity index (χ3v) is 5.97. The van der Waals surface area contributed by atoms with E-state index in [-0.39, 0.29) is 5.91 Å². The maximum absolute atomic E-state index is 12.2. The van der Waals surface area contributed by atoms with Crippen LogP contribution in [0.2, 0.25) is 0 Å². The van der Waals surface area contributed by atoms with E-state index in [2.05, 4.69) is 16.5 Å². The summed E-state index contributed by atoms with van der Waals surface area (Å²) in [5.74, 6) is 0.378. The third-order valence-electron chi connectivity index (χ3n) is 5.18. The molecule has 1 aliphatic carbocycles. The van der Waals surface area contributed by atoms with Gasteiger partial charge in [-0.25, -0.2) is 4.98 Å². The number of rotatable bonds is 6. The summed E-state index contributed by atoms with van der Waals surface area (Å²) in [7, 11) is 0. The van der Waals surface area contributed by atoms with Gasteiger partial charge in [-0.15, -0.1) is 11.3 Å². The summed E-state index contributed by atoms with van der Waals surface area (Å²) in [6, 6.07) is 0. The van der Waals surface area contributed by atoms with E-state index in [0.29, 0.717) is 11.5 Å². The molecule has 2 N–H and O–H groups in total. The zero-order valence-corrected chi connectivity index (χ0v) is 15.5. The fourth-order valence-electron chi connectivity index (χ4n) is 4.05. The van der Waals surface area contributed by atoms with Crippen LogP contribution in [-0.4, -0.2) is 15.5 Å². The molecule has 3 rings (SSSR count). The van der Waals surface area contributed by atoms with Crippen LogP contribution in [0.4, 0.5) is 0 Å². The van der Waals surface area contributed by atoms with Gasteiger partial charge in [0.15, 0.2) is 0 Å². The van der Waals surface area contributed by atoms with Crippen LogP contribution in [0, 0.1) is 12.8 Å². The number of carbonyl (C=O) groups excluding carboxylic acids is 1. The topological polar surface area (TPSA) is 60.9 Å². The zero-order valence-electron chi connectivity index (χ0n) is 14.7. The fourth-order valence-corrected chi connectivity index (χ4v) is 4.76. The molecule has 5 heteroatoms. The average Bonchev–Trinajstić information content (AvgIpc) is 3.18. The zero-order chi connectivity index (χ0) is 17.1. The smallest absolute Gasteiger partial charge is 0.251 e. The van der Waals surface area contributed by atoms with Gasteiger partial charge in [0.25, 0.3) is 5.91 Å². The molecule has 2 aromatic heterocycles. The van der Waals surface area contributed by atoms with Gasteiger partial charge in [-0.2, -0.15) is 0 Å². The van der Waals surface area contributed by atoms with E-state index in [1.54, 1.807) is 17.5 Å². The summed E-state index contributed by atoms with van der Waals surface area (Å²) in [4.78, 5) is 16.7. The van der Waals surface area contributed by atoms with E-state index in [0.717, 1.165) is 35.7 Å². The monoisotopic (exact) mass is 345 g/mol. The number of hydrogen-bond acceptors (Lipinski definition) is 3. The summed E-state index contributed by atoms with van der Waals surface area (Å²) in [5, 5.41) is 2.88. The lowest BCUT2D eigenvalue weighted by molar-refractivity contribution is 0.1000. The first kappa shape index (κ1) is 17.2. The predicted molar refractivity (Wildman–Crippen MR) is 99.4 cm³/mol. The summed E-state index contributed by atoms with van der Waals surface area (Å²) in [6.45, 7) is 5.23. The molecule has 1 saturated carbocycles. The molecule has 0 radical (unpaired) electrons. The van der Waals surface area contributed by atoms with E-state index in [9.17, 15) is 4.79 Å². The standard InChI is InChI=1S/C19H27N3OS/c1-3-7-15-17(19-21-10-11-24-19)16(18(20)23)13(2)22(15)12-14-8-5-4-6-9-14/h10-11,14H,3-9,12H2,1-2H3,(H2,20,23). The number of thiazole rings is 1. The van der Waals surface area contributed by atoms with Crippen LogP contribution < -0.4 is 5.73 Å². The lowest BCUT2D eigenvalue weighted by Gasteiger charge is -2.24. The Morgan fingerprint density at radius 3 is 2.71 bits per heavy atom. The minimum Gasteiger partial charge on any atom is -0.366 e. The van der Waals surface area contributed by atoms with Gasteiger partial charge in [0, 0.05) is 35.1 Å². The first-order valence-electron chi connectivity index (χ1n) is 9.05. The van der Waals surface area contributed by atoms with Crippen LogP contribution in [0.3, 0.4) is 0 Å². The summed E-state index contributed by atoms with van der Waals surface area (Å²) < 4.78 is 2.37. The first-order chi connectivity index (χ1) is 11.6. The van der Waals surface area contributed by atoms with Crippen molar-refractivity contribution in [2.75, 3.05) is 0 Å². The number of nitrogens with zero attached hydrogens (tertiary/aromatic N) is 2. The highest BCUT2D eigenvalue weighted by atomic mass is 32.1. The first-order valence-corrected chi connectivity index (χ1v) is 9.93. The molecule has 0 atom stereocenters. The number of carbonyl (C=O) groups is 1. The van der Waals surface area contributed by atoms with Crippen molar-refractivity contribution in [3.05, 3.63) is 28.5 Å². The second-order valence-electron chi connectivity index (χ2n) is 6.85. The van der Waals surface area contributed by atoms with Gasteiger partial charge >= 0.3 is 0 Å². The highest BCUT2D eigenvalue weighted by molar-refractivity contribution is 7.13. The molecule has 0 unspecified atom stereocenters. The summed E-state index contributed by atoms with van der Waals surface area (Å²) >= 11 is 1.58. The Morgan fingerprint density at radius 1 is 1.38 bits per heavy atom. The number of aromatic nitrogens is 2. The van der Waals surface area contributed by atoms with Crippen molar-refractivity contribution in [1.29, 1.82) is 0 Å². The maximum Gasteiger partial charge on any atom is 0.251 e. The molecule has 1 fully saturated rings. The predicted octanol–water partition coefficient (Wildman–Crippen LogP) is 4.55. The molecule has 0 saturated heterocycles. The maximum atomic E-state index is 12.2. The van der Waals surface area contributed by atoms with E-state index >= 15 is 0 Å². The van der Waals surface area contributed by atoms with Gasteiger partial charge in [0.2, 0.25) is 0 Å². The molecule has 0 spiro atoms. The Balaban J connectivity index is 2.09. The Labute approximate surface area is 148 Å². The Bertz CT molecular complexity index is 697. The molecule has 4 nitrogen and oxygen atoms in total. The normalized spacial score (nSPS) is 15.8. The van der Waals surface area contributed by atoms with E-state index in [1.165, 1.54) is 37.8 Å². The number of primary amides is 1. The van der Waals surface area contributed by atoms with Gasteiger partial charge in [0.05, 0.1) is 5.56 Å². The lowest BCUT2D eigenvalue weighted by atomic mass is 9.89. The van der Waals surface area contributed by atoms with Crippen molar-refractivity contribution in [3.8, 4) is 10.6 Å². The molecule has 2 aromatic rings. The van der Waals surface area contributed by atoms with Crippen molar-refractivity contribution in [1.82, 2.24) is 9.55 Å². The lowest BCUT2D eigenvalue weighted by Crippen LogP contribution is -2.18. The van der Waals surface area contributed by atoms with Crippen molar-refractivity contribution in [2.24, 2.45) is 11.7 Å². The van der Waals surface area contributed by atoms with Crippen molar-refractivity contribution >= 4 is 17.2 Å². The average molecular weight is 346 g/mol. The molecular formula is C19H27N3OS. The summed E-state index contributed by atoms with van der Waals surface area (Å²) in [5.41, 5.74) is 9.66. The molecule has 130 valence electrons. The largest absolute Gasteiger partial charge is 0.366 e. The molecule has 0 aromatic carbocycles. The Hall–Kier alpha value is -1.62. The van der Waals surface area contributed by atoms with E-state index in [1.807, 2.05) is 12.3 Å². The van der Waals surface area contributed by atoms with Gasteiger partial charge in [0.1, 0.15) is 5.01 Å². The molecule has 0 bridgehead atoms.